The van der Waals surface area contributed by atoms with E-state index in [1.54, 1.807) is 18.2 Å². The Balaban J connectivity index is 1.59. The first-order chi connectivity index (χ1) is 18.7. The Labute approximate surface area is 230 Å². The fourth-order valence-corrected chi connectivity index (χ4v) is 5.91. The lowest BCUT2D eigenvalue weighted by Gasteiger charge is -2.09. The molecule has 0 saturated carbocycles. The third-order valence-electron chi connectivity index (χ3n) is 5.62. The van der Waals surface area contributed by atoms with Crippen LogP contribution in [0.1, 0.15) is 24.2 Å². The minimum absolute atomic E-state index is 0.0847. The number of nitrogens with one attached hydrogen (secondary N) is 2. The molecule has 0 fully saturated rings. The maximum atomic E-state index is 13.1. The van der Waals surface area contributed by atoms with Crippen LogP contribution in [0.4, 0.5) is 11.4 Å². The van der Waals surface area contributed by atoms with Crippen molar-refractivity contribution in [1.29, 1.82) is 0 Å². The Hall–Kier alpha value is -4.00. The van der Waals surface area contributed by atoms with Gasteiger partial charge >= 0.3 is 0 Å². The van der Waals surface area contributed by atoms with Crippen LogP contribution < -0.4 is 19.6 Å². The van der Waals surface area contributed by atoms with Gasteiger partial charge in [-0.05, 0) is 73.7 Å². The number of ether oxygens (including phenoxy) is 2. The molecule has 0 radical (unpaired) electrons. The van der Waals surface area contributed by atoms with Gasteiger partial charge in [0.25, 0.3) is 15.9 Å². The molecule has 12 heteroatoms. The SMILES string of the molecule is CCOCCn1c(=NC(=O)c2ccc(NS(=O)(=O)c3ccc(OC)cc3)cc2)sc2cc(NC(C)=O)ccc21. The zero-order chi connectivity index (χ0) is 28.0. The van der Waals surface area contributed by atoms with E-state index in [1.165, 1.54) is 61.8 Å². The van der Waals surface area contributed by atoms with Crippen molar-refractivity contribution in [2.75, 3.05) is 30.4 Å². The average molecular weight is 569 g/mol. The third-order valence-corrected chi connectivity index (χ3v) is 8.06. The lowest BCUT2D eigenvalue weighted by atomic mass is 10.2. The van der Waals surface area contributed by atoms with Crippen molar-refractivity contribution in [1.82, 2.24) is 4.57 Å². The molecule has 0 aliphatic carbocycles. The number of benzene rings is 3. The van der Waals surface area contributed by atoms with Gasteiger partial charge in [-0.15, -0.1) is 0 Å². The van der Waals surface area contributed by atoms with E-state index in [4.69, 9.17) is 9.47 Å². The van der Waals surface area contributed by atoms with Crippen molar-refractivity contribution >= 4 is 54.8 Å². The average Bonchev–Trinajstić information content (AvgIpc) is 3.24. The van der Waals surface area contributed by atoms with Crippen LogP contribution in [0.15, 0.2) is 76.6 Å². The summed E-state index contributed by atoms with van der Waals surface area (Å²) in [5.41, 5.74) is 2.12. The van der Waals surface area contributed by atoms with Crippen molar-refractivity contribution in [2.45, 2.75) is 25.3 Å². The number of hydrogen-bond donors (Lipinski definition) is 2. The second-order valence-corrected chi connectivity index (χ2v) is 11.1. The van der Waals surface area contributed by atoms with E-state index in [2.05, 4.69) is 15.0 Å². The monoisotopic (exact) mass is 568 g/mol. The van der Waals surface area contributed by atoms with Crippen LogP contribution in [0.25, 0.3) is 10.2 Å². The van der Waals surface area contributed by atoms with Crippen LogP contribution in [0.3, 0.4) is 0 Å². The van der Waals surface area contributed by atoms with Crippen molar-refractivity contribution < 1.29 is 27.5 Å². The smallest absolute Gasteiger partial charge is 0.279 e. The van der Waals surface area contributed by atoms with Crippen molar-refractivity contribution in [3.63, 3.8) is 0 Å². The number of thiazole rings is 1. The van der Waals surface area contributed by atoms with Gasteiger partial charge in [0, 0.05) is 37.0 Å². The molecule has 0 aliphatic heterocycles. The summed E-state index contributed by atoms with van der Waals surface area (Å²) >= 11 is 1.33. The summed E-state index contributed by atoms with van der Waals surface area (Å²) in [6.07, 6.45) is 0. The Morgan fingerprint density at radius 1 is 1.00 bits per heavy atom. The molecule has 3 aromatic carbocycles. The molecule has 1 aromatic heterocycles. The first-order valence-corrected chi connectivity index (χ1v) is 14.3. The molecule has 204 valence electrons. The van der Waals surface area contributed by atoms with Gasteiger partial charge in [0.2, 0.25) is 5.91 Å². The normalized spacial score (nSPS) is 11.9. The number of amides is 2. The predicted molar refractivity (Wildman–Crippen MR) is 151 cm³/mol. The van der Waals surface area contributed by atoms with Crippen LogP contribution in [0.2, 0.25) is 0 Å². The van der Waals surface area contributed by atoms with Crippen molar-refractivity contribution in [3.05, 3.63) is 77.1 Å². The highest BCUT2D eigenvalue weighted by Crippen LogP contribution is 2.23. The fraction of sp³-hybridized carbons (Fsp3) is 0.222. The molecular formula is C27H28N4O6S2. The Kier molecular flexibility index (Phi) is 8.79. The minimum atomic E-state index is -3.82. The summed E-state index contributed by atoms with van der Waals surface area (Å²) in [5, 5.41) is 2.76. The van der Waals surface area contributed by atoms with Crippen LogP contribution in [-0.2, 0) is 26.1 Å². The number of methoxy groups -OCH3 is 1. The number of carbonyl (C=O) groups is 2. The molecule has 0 aliphatic rings. The number of rotatable bonds is 10. The maximum absolute atomic E-state index is 13.1. The van der Waals surface area contributed by atoms with Gasteiger partial charge in [-0.25, -0.2) is 8.42 Å². The lowest BCUT2D eigenvalue weighted by molar-refractivity contribution is -0.114. The lowest BCUT2D eigenvalue weighted by Crippen LogP contribution is -2.19. The number of fused-ring (bicyclic) bond motifs is 1. The molecule has 4 aromatic rings. The first-order valence-electron chi connectivity index (χ1n) is 12.0. The van der Waals surface area contributed by atoms with Crippen LogP contribution in [-0.4, -0.2) is 45.1 Å². The van der Waals surface area contributed by atoms with E-state index in [1.807, 2.05) is 23.6 Å². The predicted octanol–water partition coefficient (Wildman–Crippen LogP) is 4.25. The quantitative estimate of drug-likeness (QED) is 0.275. The van der Waals surface area contributed by atoms with Gasteiger partial charge in [-0.1, -0.05) is 11.3 Å². The number of carbonyl (C=O) groups excluding carboxylic acids is 2. The summed E-state index contributed by atoms with van der Waals surface area (Å²) in [5.74, 6) is -0.102. The molecule has 2 amide bonds. The highest BCUT2D eigenvalue weighted by atomic mass is 32.2. The fourth-order valence-electron chi connectivity index (χ4n) is 3.76. The van der Waals surface area contributed by atoms with Gasteiger partial charge in [-0.2, -0.15) is 4.99 Å². The van der Waals surface area contributed by atoms with Crippen LogP contribution in [0.5, 0.6) is 5.75 Å². The molecule has 10 nitrogen and oxygen atoms in total. The second kappa shape index (κ2) is 12.2. The van der Waals surface area contributed by atoms with Gasteiger partial charge in [-0.3, -0.25) is 14.3 Å². The third kappa shape index (κ3) is 6.91. The number of hydrogen-bond acceptors (Lipinski definition) is 7. The Bertz CT molecular complexity index is 1660. The van der Waals surface area contributed by atoms with Gasteiger partial charge in [0.05, 0.1) is 28.8 Å². The summed E-state index contributed by atoms with van der Waals surface area (Å²) in [4.78, 5) is 29.4. The van der Waals surface area contributed by atoms with Crippen LogP contribution in [0, 0.1) is 0 Å². The molecule has 0 spiro atoms. The standard InChI is InChI=1S/C27H28N4O6S2/c1-4-37-16-15-31-24-14-9-21(28-18(2)32)17-25(24)38-27(31)29-26(33)19-5-7-20(8-6-19)30-39(34,35)23-12-10-22(36-3)11-13-23/h5-14,17,30H,4,15-16H2,1-3H3,(H,28,32). The van der Waals surface area contributed by atoms with Gasteiger partial charge in [0.1, 0.15) is 5.75 Å². The molecule has 1 heterocycles. The number of sulfonamides is 1. The topological polar surface area (TPSA) is 128 Å². The van der Waals surface area contributed by atoms with E-state index < -0.39 is 15.9 Å². The number of anilines is 2. The highest BCUT2D eigenvalue weighted by molar-refractivity contribution is 7.92. The van der Waals surface area contributed by atoms with E-state index >= 15 is 0 Å². The second-order valence-electron chi connectivity index (χ2n) is 8.37. The largest absolute Gasteiger partial charge is 0.497 e. The highest BCUT2D eigenvalue weighted by Gasteiger charge is 2.15. The van der Waals surface area contributed by atoms with E-state index in [0.717, 1.165) is 10.2 Å². The number of nitrogens with zero attached hydrogens (tertiary/aromatic N) is 2. The van der Waals surface area contributed by atoms with Crippen molar-refractivity contribution in [2.24, 2.45) is 4.99 Å². The molecule has 0 saturated heterocycles. The molecule has 39 heavy (non-hydrogen) atoms. The minimum Gasteiger partial charge on any atom is -0.497 e. The van der Waals surface area contributed by atoms with Crippen molar-refractivity contribution in [3.8, 4) is 5.75 Å². The summed E-state index contributed by atoms with van der Waals surface area (Å²) in [7, 11) is -2.31. The number of aromatic nitrogens is 1. The molecular weight excluding hydrogens is 540 g/mol. The molecule has 2 N–H and O–H groups in total. The summed E-state index contributed by atoms with van der Waals surface area (Å²) in [6, 6.07) is 17.6. The van der Waals surface area contributed by atoms with Crippen LogP contribution >= 0.6 is 11.3 Å². The van der Waals surface area contributed by atoms with E-state index in [-0.39, 0.29) is 10.8 Å². The summed E-state index contributed by atoms with van der Waals surface area (Å²) in [6.45, 7) is 4.85. The molecule has 0 unspecified atom stereocenters. The zero-order valence-corrected chi connectivity index (χ0v) is 23.3. The van der Waals surface area contributed by atoms with E-state index in [9.17, 15) is 18.0 Å². The molecule has 0 atom stereocenters. The maximum Gasteiger partial charge on any atom is 0.279 e. The van der Waals surface area contributed by atoms with Gasteiger partial charge < -0.3 is 19.4 Å². The van der Waals surface area contributed by atoms with E-state index in [0.29, 0.717) is 47.2 Å². The van der Waals surface area contributed by atoms with Gasteiger partial charge in [0.15, 0.2) is 4.80 Å². The zero-order valence-electron chi connectivity index (χ0n) is 21.6. The Morgan fingerprint density at radius 2 is 1.69 bits per heavy atom. The Morgan fingerprint density at radius 3 is 2.33 bits per heavy atom. The molecule has 4 rings (SSSR count). The molecule has 0 bridgehead atoms. The summed E-state index contributed by atoms with van der Waals surface area (Å²) < 4.78 is 41.2. The first kappa shape index (κ1) is 28.0.